The predicted molar refractivity (Wildman–Crippen MR) is 67.6 cm³/mol. The van der Waals surface area contributed by atoms with Crippen LogP contribution in [0.4, 0.5) is 5.69 Å². The Labute approximate surface area is 96.8 Å². The highest BCUT2D eigenvalue weighted by Gasteiger charge is 2.19. The highest BCUT2D eigenvalue weighted by molar-refractivity contribution is 6.31. The molecule has 2 nitrogen and oxygen atoms in total. The van der Waals surface area contributed by atoms with Crippen molar-refractivity contribution in [3.8, 4) is 0 Å². The topological polar surface area (TPSA) is 38.0 Å². The Morgan fingerprint density at radius 3 is 2.60 bits per heavy atom. The first-order valence-electron chi connectivity index (χ1n) is 5.25. The molecule has 0 aliphatic heterocycles. The standard InChI is InChI=1S/C12H19ClN2/c1-4-12(3,8-14)15-10-6-5-9(2)11(13)7-10/h5-7,15H,4,8,14H2,1-3H3. The first kappa shape index (κ1) is 12.3. The summed E-state index contributed by atoms with van der Waals surface area (Å²) in [5.74, 6) is 0. The smallest absolute Gasteiger partial charge is 0.0465 e. The third-order valence-corrected chi connectivity index (χ3v) is 3.26. The second-order valence-corrected chi connectivity index (χ2v) is 4.61. The molecule has 0 fully saturated rings. The van der Waals surface area contributed by atoms with E-state index in [-0.39, 0.29) is 5.54 Å². The monoisotopic (exact) mass is 226 g/mol. The largest absolute Gasteiger partial charge is 0.379 e. The van der Waals surface area contributed by atoms with Gasteiger partial charge in [-0.3, -0.25) is 0 Å². The lowest BCUT2D eigenvalue weighted by atomic mass is 9.98. The summed E-state index contributed by atoms with van der Waals surface area (Å²) in [6.45, 7) is 6.83. The van der Waals surface area contributed by atoms with Crippen LogP contribution in [0.15, 0.2) is 18.2 Å². The second kappa shape index (κ2) is 4.86. The van der Waals surface area contributed by atoms with E-state index in [0.717, 1.165) is 22.7 Å². The number of benzene rings is 1. The minimum Gasteiger partial charge on any atom is -0.379 e. The lowest BCUT2D eigenvalue weighted by Crippen LogP contribution is -2.41. The average molecular weight is 227 g/mol. The van der Waals surface area contributed by atoms with E-state index in [9.17, 15) is 0 Å². The van der Waals surface area contributed by atoms with E-state index in [2.05, 4.69) is 19.2 Å². The van der Waals surface area contributed by atoms with Gasteiger partial charge in [0.05, 0.1) is 0 Å². The van der Waals surface area contributed by atoms with Gasteiger partial charge in [0, 0.05) is 22.8 Å². The summed E-state index contributed by atoms with van der Waals surface area (Å²) in [6, 6.07) is 5.99. The van der Waals surface area contributed by atoms with Crippen molar-refractivity contribution in [1.82, 2.24) is 0 Å². The van der Waals surface area contributed by atoms with Gasteiger partial charge in [0.25, 0.3) is 0 Å². The lowest BCUT2D eigenvalue weighted by molar-refractivity contribution is 0.506. The molecule has 1 rings (SSSR count). The molecule has 0 spiro atoms. The Bertz CT molecular complexity index is 332. The van der Waals surface area contributed by atoms with E-state index in [1.54, 1.807) is 0 Å². The molecule has 0 aliphatic carbocycles. The van der Waals surface area contributed by atoms with E-state index in [4.69, 9.17) is 17.3 Å². The van der Waals surface area contributed by atoms with Gasteiger partial charge in [-0.1, -0.05) is 24.6 Å². The summed E-state index contributed by atoms with van der Waals surface area (Å²) in [4.78, 5) is 0. The van der Waals surface area contributed by atoms with Crippen LogP contribution >= 0.6 is 11.6 Å². The molecular formula is C12H19ClN2. The van der Waals surface area contributed by atoms with Crippen LogP contribution in [0.3, 0.4) is 0 Å². The fourth-order valence-electron chi connectivity index (χ4n) is 1.30. The van der Waals surface area contributed by atoms with Gasteiger partial charge < -0.3 is 11.1 Å². The predicted octanol–water partition coefficient (Wildman–Crippen LogP) is 3.19. The Morgan fingerprint density at radius 2 is 2.13 bits per heavy atom. The Morgan fingerprint density at radius 1 is 1.47 bits per heavy atom. The van der Waals surface area contributed by atoms with Crippen molar-refractivity contribution in [1.29, 1.82) is 0 Å². The molecule has 0 saturated heterocycles. The van der Waals surface area contributed by atoms with Gasteiger partial charge >= 0.3 is 0 Å². The normalized spacial score (nSPS) is 14.7. The minimum atomic E-state index is -0.0570. The molecule has 1 atom stereocenters. The number of hydrogen-bond acceptors (Lipinski definition) is 2. The third-order valence-electron chi connectivity index (χ3n) is 2.85. The maximum absolute atomic E-state index is 6.06. The van der Waals surface area contributed by atoms with Crippen LogP contribution < -0.4 is 11.1 Å². The number of nitrogens with two attached hydrogens (primary N) is 1. The Balaban J connectivity index is 2.85. The molecule has 84 valence electrons. The highest BCUT2D eigenvalue weighted by Crippen LogP contribution is 2.23. The van der Waals surface area contributed by atoms with Crippen LogP contribution in [-0.2, 0) is 0 Å². The maximum Gasteiger partial charge on any atom is 0.0465 e. The zero-order chi connectivity index (χ0) is 11.5. The van der Waals surface area contributed by atoms with E-state index >= 15 is 0 Å². The number of nitrogens with one attached hydrogen (secondary N) is 1. The number of aryl methyl sites for hydroxylation is 1. The molecule has 0 bridgehead atoms. The maximum atomic E-state index is 6.06. The number of anilines is 1. The average Bonchev–Trinajstić information content (AvgIpc) is 2.23. The Hall–Kier alpha value is -0.730. The first-order valence-corrected chi connectivity index (χ1v) is 5.63. The fourth-order valence-corrected chi connectivity index (χ4v) is 1.48. The molecule has 0 aromatic heterocycles. The minimum absolute atomic E-state index is 0.0570. The van der Waals surface area contributed by atoms with E-state index in [1.807, 2.05) is 25.1 Å². The zero-order valence-electron chi connectivity index (χ0n) is 9.60. The van der Waals surface area contributed by atoms with Crippen LogP contribution in [0.5, 0.6) is 0 Å². The van der Waals surface area contributed by atoms with Gasteiger partial charge in [0.15, 0.2) is 0 Å². The van der Waals surface area contributed by atoms with Gasteiger partial charge in [-0.2, -0.15) is 0 Å². The van der Waals surface area contributed by atoms with Gasteiger partial charge in [0.1, 0.15) is 0 Å². The Kier molecular flexibility index (Phi) is 4.00. The third kappa shape index (κ3) is 3.11. The molecule has 1 aromatic carbocycles. The van der Waals surface area contributed by atoms with Crippen molar-refractivity contribution < 1.29 is 0 Å². The molecule has 1 aromatic rings. The molecule has 0 aliphatic rings. The van der Waals surface area contributed by atoms with Gasteiger partial charge in [0.2, 0.25) is 0 Å². The van der Waals surface area contributed by atoms with Crippen LogP contribution in [0, 0.1) is 6.92 Å². The fraction of sp³-hybridized carbons (Fsp3) is 0.500. The molecule has 0 saturated carbocycles. The van der Waals surface area contributed by atoms with Crippen LogP contribution in [0.1, 0.15) is 25.8 Å². The van der Waals surface area contributed by atoms with Crippen molar-refractivity contribution in [3.05, 3.63) is 28.8 Å². The molecule has 1 unspecified atom stereocenters. The zero-order valence-corrected chi connectivity index (χ0v) is 10.4. The SMILES string of the molecule is CCC(C)(CN)Nc1ccc(C)c(Cl)c1. The number of rotatable bonds is 4. The van der Waals surface area contributed by atoms with Crippen molar-refractivity contribution in [2.24, 2.45) is 5.73 Å². The first-order chi connectivity index (χ1) is 7.00. The van der Waals surface area contributed by atoms with E-state index in [1.165, 1.54) is 0 Å². The van der Waals surface area contributed by atoms with Gasteiger partial charge in [-0.15, -0.1) is 0 Å². The van der Waals surface area contributed by atoms with Crippen LogP contribution in [-0.4, -0.2) is 12.1 Å². The molecule has 3 N–H and O–H groups in total. The highest BCUT2D eigenvalue weighted by atomic mass is 35.5. The van der Waals surface area contributed by atoms with Crippen molar-refractivity contribution in [2.75, 3.05) is 11.9 Å². The van der Waals surface area contributed by atoms with Gasteiger partial charge in [-0.25, -0.2) is 0 Å². The van der Waals surface area contributed by atoms with E-state index in [0.29, 0.717) is 6.54 Å². The number of halogens is 1. The van der Waals surface area contributed by atoms with E-state index < -0.39 is 0 Å². The molecule has 15 heavy (non-hydrogen) atoms. The molecule has 0 amide bonds. The van der Waals surface area contributed by atoms with Crippen molar-refractivity contribution in [3.63, 3.8) is 0 Å². The van der Waals surface area contributed by atoms with Crippen LogP contribution in [0.2, 0.25) is 5.02 Å². The number of hydrogen-bond donors (Lipinski definition) is 2. The lowest BCUT2D eigenvalue weighted by Gasteiger charge is -2.29. The molecular weight excluding hydrogens is 208 g/mol. The summed E-state index contributed by atoms with van der Waals surface area (Å²) >= 11 is 6.06. The summed E-state index contributed by atoms with van der Waals surface area (Å²) < 4.78 is 0. The molecule has 3 heteroatoms. The van der Waals surface area contributed by atoms with Crippen molar-refractivity contribution in [2.45, 2.75) is 32.7 Å². The quantitative estimate of drug-likeness (QED) is 0.828. The van der Waals surface area contributed by atoms with Gasteiger partial charge in [-0.05, 0) is 38.0 Å². The summed E-state index contributed by atoms with van der Waals surface area (Å²) in [5.41, 5.74) is 7.80. The molecule has 0 heterocycles. The summed E-state index contributed by atoms with van der Waals surface area (Å²) in [6.07, 6.45) is 0.981. The molecule has 0 radical (unpaired) electrons. The second-order valence-electron chi connectivity index (χ2n) is 4.21. The summed E-state index contributed by atoms with van der Waals surface area (Å²) in [5, 5.41) is 4.20. The van der Waals surface area contributed by atoms with Crippen LogP contribution in [0.25, 0.3) is 0 Å². The van der Waals surface area contributed by atoms with Crippen molar-refractivity contribution >= 4 is 17.3 Å². The summed E-state index contributed by atoms with van der Waals surface area (Å²) in [7, 11) is 0.